The Kier molecular flexibility index (Phi) is 4.56. The highest BCUT2D eigenvalue weighted by Gasteiger charge is 2.14. The van der Waals surface area contributed by atoms with Crippen LogP contribution in [0, 0.1) is 0 Å². The Bertz CT molecular complexity index is 582. The normalized spacial score (nSPS) is 13.3. The van der Waals surface area contributed by atoms with Crippen molar-refractivity contribution in [1.82, 2.24) is 14.9 Å². The summed E-state index contributed by atoms with van der Waals surface area (Å²) in [5.74, 6) is -0.480. The Morgan fingerprint density at radius 1 is 1.39 bits per heavy atom. The molecule has 2 aromatic rings. The summed E-state index contributed by atoms with van der Waals surface area (Å²) in [6.45, 7) is 2.66. The maximum absolute atomic E-state index is 11.1. The first-order valence-electron chi connectivity index (χ1n) is 5.25. The molecular weight excluding hydrogens is 275 g/mol. The number of carbonyl (C=O) groups excluding carboxylic acids is 1. The summed E-state index contributed by atoms with van der Waals surface area (Å²) < 4.78 is 2.14. The molecule has 5 nitrogen and oxygen atoms in total. The van der Waals surface area contributed by atoms with Crippen molar-refractivity contribution in [3.05, 3.63) is 29.6 Å². The van der Waals surface area contributed by atoms with E-state index in [0.29, 0.717) is 5.69 Å². The zero-order valence-electron chi connectivity index (χ0n) is 9.55. The molecule has 0 atom stereocenters. The third-order valence-corrected chi connectivity index (χ3v) is 2.90. The summed E-state index contributed by atoms with van der Waals surface area (Å²) in [6.07, 6.45) is 0. The molecule has 0 aliphatic carbocycles. The molecule has 18 heavy (non-hydrogen) atoms. The van der Waals surface area contributed by atoms with Gasteiger partial charge in [-0.3, -0.25) is 4.79 Å². The van der Waals surface area contributed by atoms with Crippen LogP contribution in [0.3, 0.4) is 0 Å². The first-order chi connectivity index (χ1) is 7.75. The lowest BCUT2D eigenvalue weighted by molar-refractivity contribution is 0.0996. The highest BCUT2D eigenvalue weighted by Crippen LogP contribution is 2.20. The van der Waals surface area contributed by atoms with Crippen molar-refractivity contribution in [3.63, 3.8) is 0 Å². The van der Waals surface area contributed by atoms with Crippen LogP contribution in [-0.4, -0.2) is 22.0 Å². The number of hydrogen-bond donors (Lipinski definition) is 2. The van der Waals surface area contributed by atoms with E-state index in [4.69, 9.17) is 5.73 Å². The van der Waals surface area contributed by atoms with E-state index in [0.717, 1.165) is 30.7 Å². The summed E-state index contributed by atoms with van der Waals surface area (Å²) in [4.78, 5) is 15.4. The van der Waals surface area contributed by atoms with Gasteiger partial charge in [-0.25, -0.2) is 4.98 Å². The van der Waals surface area contributed by atoms with Gasteiger partial charge in [0.1, 0.15) is 11.3 Å². The average molecular weight is 289 g/mol. The molecule has 2 aromatic heterocycles. The van der Waals surface area contributed by atoms with Crippen molar-refractivity contribution in [3.8, 4) is 0 Å². The van der Waals surface area contributed by atoms with Crippen LogP contribution in [0.1, 0.15) is 16.2 Å². The van der Waals surface area contributed by atoms with Crippen molar-refractivity contribution < 1.29 is 4.79 Å². The third kappa shape index (κ3) is 2.29. The maximum atomic E-state index is 11.1. The lowest BCUT2D eigenvalue weighted by Gasteiger charge is -2.16. The van der Waals surface area contributed by atoms with Gasteiger partial charge in [0, 0.05) is 30.7 Å². The predicted octanol–water partition coefficient (Wildman–Crippen LogP) is 1.08. The highest BCUT2D eigenvalue weighted by molar-refractivity contribution is 5.93. The number of halogens is 2. The summed E-state index contributed by atoms with van der Waals surface area (Å²) in [5, 5.41) is 4.36. The van der Waals surface area contributed by atoms with Crippen LogP contribution in [0.25, 0.3) is 11.0 Å². The van der Waals surface area contributed by atoms with E-state index in [1.807, 2.05) is 6.07 Å². The van der Waals surface area contributed by atoms with Gasteiger partial charge < -0.3 is 15.6 Å². The fourth-order valence-corrected chi connectivity index (χ4v) is 2.12. The third-order valence-electron chi connectivity index (χ3n) is 2.90. The second-order valence-electron chi connectivity index (χ2n) is 3.94. The smallest absolute Gasteiger partial charge is 0.267 e. The maximum Gasteiger partial charge on any atom is 0.267 e. The summed E-state index contributed by atoms with van der Waals surface area (Å²) in [5.41, 5.74) is 7.61. The first-order valence-corrected chi connectivity index (χ1v) is 5.25. The van der Waals surface area contributed by atoms with Crippen LogP contribution in [0.2, 0.25) is 0 Å². The van der Waals surface area contributed by atoms with E-state index in [9.17, 15) is 4.79 Å². The number of rotatable bonds is 1. The molecule has 3 heterocycles. The summed E-state index contributed by atoms with van der Waals surface area (Å²) in [6, 6.07) is 5.66. The molecule has 0 bridgehead atoms. The first kappa shape index (κ1) is 14.8. The van der Waals surface area contributed by atoms with Crippen LogP contribution in [0.5, 0.6) is 0 Å². The number of aromatic nitrogens is 2. The predicted molar refractivity (Wildman–Crippen MR) is 74.5 cm³/mol. The lowest BCUT2D eigenvalue weighted by atomic mass is 10.3. The van der Waals surface area contributed by atoms with E-state index >= 15 is 0 Å². The Morgan fingerprint density at radius 2 is 2.17 bits per heavy atom. The van der Waals surface area contributed by atoms with Crippen molar-refractivity contribution in [2.45, 2.75) is 13.1 Å². The fourth-order valence-electron chi connectivity index (χ4n) is 2.12. The molecule has 0 spiro atoms. The number of primary amides is 1. The molecule has 0 unspecified atom stereocenters. The molecule has 3 N–H and O–H groups in total. The summed E-state index contributed by atoms with van der Waals surface area (Å²) in [7, 11) is 0. The lowest BCUT2D eigenvalue weighted by Crippen LogP contribution is -2.27. The SMILES string of the molecule is Cl.Cl.NC(=O)c1ccc2cc3n(c2n1)CCNC3. The minimum atomic E-state index is -0.480. The van der Waals surface area contributed by atoms with Crippen molar-refractivity contribution >= 4 is 41.8 Å². The van der Waals surface area contributed by atoms with E-state index in [1.54, 1.807) is 6.07 Å². The number of nitrogens with zero attached hydrogens (tertiary/aromatic N) is 2. The van der Waals surface area contributed by atoms with Gasteiger partial charge in [0.15, 0.2) is 0 Å². The largest absolute Gasteiger partial charge is 0.364 e. The van der Waals surface area contributed by atoms with Gasteiger partial charge in [-0.2, -0.15) is 0 Å². The molecule has 1 aliphatic heterocycles. The quantitative estimate of drug-likeness (QED) is 0.825. The van der Waals surface area contributed by atoms with Gasteiger partial charge in [-0.05, 0) is 18.2 Å². The molecule has 0 aromatic carbocycles. The minimum absolute atomic E-state index is 0. The standard InChI is InChI=1S/C11H12N4O.2ClH/c12-10(16)9-2-1-7-5-8-6-13-3-4-15(8)11(7)14-9;;/h1-2,5,13H,3-4,6H2,(H2,12,16);2*1H. The number of pyridine rings is 1. The van der Waals surface area contributed by atoms with E-state index < -0.39 is 5.91 Å². The molecule has 3 rings (SSSR count). The number of amides is 1. The van der Waals surface area contributed by atoms with Crippen LogP contribution >= 0.6 is 24.8 Å². The molecular formula is C11H14Cl2N4O. The number of fused-ring (bicyclic) bond motifs is 3. The van der Waals surface area contributed by atoms with Crippen LogP contribution in [0.15, 0.2) is 18.2 Å². The summed E-state index contributed by atoms with van der Waals surface area (Å²) >= 11 is 0. The molecule has 1 amide bonds. The number of carbonyl (C=O) groups is 1. The van der Waals surface area contributed by atoms with Gasteiger partial charge in [-0.15, -0.1) is 24.8 Å². The highest BCUT2D eigenvalue weighted by atomic mass is 35.5. The van der Waals surface area contributed by atoms with Crippen LogP contribution in [0.4, 0.5) is 0 Å². The molecule has 98 valence electrons. The van der Waals surface area contributed by atoms with Gasteiger partial charge in [-0.1, -0.05) is 0 Å². The van der Waals surface area contributed by atoms with E-state index in [2.05, 4.69) is 20.9 Å². The number of nitrogens with two attached hydrogens (primary N) is 1. The molecule has 7 heteroatoms. The number of nitrogens with one attached hydrogen (secondary N) is 1. The molecule has 0 saturated carbocycles. The Balaban J connectivity index is 0.000000810. The van der Waals surface area contributed by atoms with Crippen molar-refractivity contribution in [1.29, 1.82) is 0 Å². The Morgan fingerprint density at radius 3 is 2.89 bits per heavy atom. The minimum Gasteiger partial charge on any atom is -0.364 e. The molecule has 0 fully saturated rings. The number of hydrogen-bond acceptors (Lipinski definition) is 3. The zero-order valence-corrected chi connectivity index (χ0v) is 11.2. The van der Waals surface area contributed by atoms with Gasteiger partial charge in [0.25, 0.3) is 5.91 Å². The second-order valence-corrected chi connectivity index (χ2v) is 3.94. The van der Waals surface area contributed by atoms with Gasteiger partial charge in [0.2, 0.25) is 0 Å². The topological polar surface area (TPSA) is 72.9 Å². The van der Waals surface area contributed by atoms with Gasteiger partial charge in [0.05, 0.1) is 0 Å². The average Bonchev–Trinajstić information content (AvgIpc) is 2.66. The molecule has 0 saturated heterocycles. The Hall–Kier alpha value is -1.30. The monoisotopic (exact) mass is 288 g/mol. The van der Waals surface area contributed by atoms with Crippen LogP contribution in [-0.2, 0) is 13.1 Å². The van der Waals surface area contributed by atoms with Crippen molar-refractivity contribution in [2.24, 2.45) is 5.73 Å². The fraction of sp³-hybridized carbons (Fsp3) is 0.273. The second kappa shape index (κ2) is 5.56. The Labute approximate surface area is 117 Å². The van der Waals surface area contributed by atoms with E-state index in [-0.39, 0.29) is 24.8 Å². The van der Waals surface area contributed by atoms with Crippen LogP contribution < -0.4 is 11.1 Å². The van der Waals surface area contributed by atoms with Crippen molar-refractivity contribution in [2.75, 3.05) is 6.54 Å². The molecule has 1 aliphatic rings. The molecule has 0 radical (unpaired) electrons. The van der Waals surface area contributed by atoms with Gasteiger partial charge >= 0.3 is 0 Å². The zero-order chi connectivity index (χ0) is 11.1. The van der Waals surface area contributed by atoms with E-state index in [1.165, 1.54) is 5.69 Å².